The second kappa shape index (κ2) is 4.92. The molecule has 1 aliphatic heterocycles. The van der Waals surface area contributed by atoms with Gasteiger partial charge in [-0.15, -0.1) is 0 Å². The predicted molar refractivity (Wildman–Crippen MR) is 73.5 cm³/mol. The first-order chi connectivity index (χ1) is 9.58. The van der Waals surface area contributed by atoms with E-state index >= 15 is 0 Å². The smallest absolute Gasteiger partial charge is 0.414 e. The first-order valence-corrected chi connectivity index (χ1v) is 6.50. The van der Waals surface area contributed by atoms with E-state index in [-0.39, 0.29) is 16.3 Å². The second-order valence-corrected chi connectivity index (χ2v) is 5.09. The number of nitrogens with one attached hydrogen (secondary N) is 1. The Hall–Kier alpha value is -1.86. The van der Waals surface area contributed by atoms with Gasteiger partial charge in [0.05, 0.1) is 0 Å². The monoisotopic (exact) mass is 297 g/mol. The lowest BCUT2D eigenvalue weighted by atomic mass is 10.0. The van der Waals surface area contributed by atoms with E-state index in [1.807, 2.05) is 11.9 Å². The van der Waals surface area contributed by atoms with Crippen molar-refractivity contribution in [3.05, 3.63) is 32.1 Å². The molecule has 0 bridgehead atoms. The molecule has 2 aromatic rings. The van der Waals surface area contributed by atoms with Gasteiger partial charge in [-0.3, -0.25) is 0 Å². The summed E-state index contributed by atoms with van der Waals surface area (Å²) in [5.41, 5.74) is -1.82. The minimum Gasteiger partial charge on any atom is -0.414 e. The summed E-state index contributed by atoms with van der Waals surface area (Å²) in [6.07, 6.45) is 0. The molecule has 0 unspecified atom stereocenters. The van der Waals surface area contributed by atoms with Gasteiger partial charge in [0.15, 0.2) is 11.4 Å². The molecule has 8 heteroatoms. The number of anilines is 1. The molecule has 0 aromatic carbocycles. The molecule has 0 saturated carbocycles. The van der Waals surface area contributed by atoms with Gasteiger partial charge in [-0.25, -0.2) is 14.6 Å². The number of pyridine rings is 1. The van der Waals surface area contributed by atoms with Crippen molar-refractivity contribution >= 4 is 28.6 Å². The van der Waals surface area contributed by atoms with Crippen LogP contribution >= 0.6 is 11.6 Å². The van der Waals surface area contributed by atoms with Crippen molar-refractivity contribution in [2.75, 3.05) is 31.6 Å². The highest BCUT2D eigenvalue weighted by Gasteiger charge is 2.30. The predicted octanol–water partition coefficient (Wildman–Crippen LogP) is 0.450. The molecular formula is C12H12ClN3O4. The van der Waals surface area contributed by atoms with Crippen molar-refractivity contribution in [3.63, 3.8) is 0 Å². The van der Waals surface area contributed by atoms with E-state index < -0.39 is 11.3 Å². The van der Waals surface area contributed by atoms with Gasteiger partial charge in [-0.2, -0.15) is 0 Å². The van der Waals surface area contributed by atoms with Gasteiger partial charge in [-0.1, -0.05) is 11.6 Å². The Balaban J connectivity index is 2.05. The molecule has 106 valence electrons. The van der Waals surface area contributed by atoms with Crippen LogP contribution < -0.4 is 21.5 Å². The maximum absolute atomic E-state index is 11.3. The van der Waals surface area contributed by atoms with E-state index in [9.17, 15) is 9.59 Å². The van der Waals surface area contributed by atoms with Gasteiger partial charge >= 0.3 is 11.3 Å². The maximum Gasteiger partial charge on any atom is 0.423 e. The number of rotatable bonds is 3. The fraction of sp³-hybridized carbons (Fsp3) is 0.417. The highest BCUT2D eigenvalue weighted by atomic mass is 35.5. The average Bonchev–Trinajstić information content (AvgIpc) is 2.35. The number of aromatic nitrogens is 1. The third-order valence-electron chi connectivity index (χ3n) is 3.20. The minimum absolute atomic E-state index is 0.127. The van der Waals surface area contributed by atoms with Crippen LogP contribution in [0.5, 0.6) is 0 Å². The molecule has 1 saturated heterocycles. The van der Waals surface area contributed by atoms with E-state index in [1.54, 1.807) is 0 Å². The SMILES string of the molecule is CNCC1CN(c2nc(Cl)cc3oc(=O)c(=O)oc23)C1. The molecule has 0 amide bonds. The quantitative estimate of drug-likeness (QED) is 0.650. The van der Waals surface area contributed by atoms with Crippen LogP contribution in [-0.4, -0.2) is 31.7 Å². The van der Waals surface area contributed by atoms with Gasteiger partial charge in [0.1, 0.15) is 5.15 Å². The van der Waals surface area contributed by atoms with Crippen LogP contribution in [0.1, 0.15) is 0 Å². The summed E-state index contributed by atoms with van der Waals surface area (Å²) in [6, 6.07) is 1.36. The van der Waals surface area contributed by atoms with Gasteiger partial charge in [0.2, 0.25) is 5.58 Å². The van der Waals surface area contributed by atoms with E-state index in [0.717, 1.165) is 19.6 Å². The highest BCUT2D eigenvalue weighted by Crippen LogP contribution is 2.30. The van der Waals surface area contributed by atoms with Gasteiger partial charge in [0, 0.05) is 31.6 Å². The lowest BCUT2D eigenvalue weighted by Gasteiger charge is -2.40. The molecule has 1 N–H and O–H groups in total. The van der Waals surface area contributed by atoms with E-state index in [1.165, 1.54) is 6.07 Å². The number of fused-ring (bicyclic) bond motifs is 1. The molecule has 1 fully saturated rings. The van der Waals surface area contributed by atoms with E-state index in [0.29, 0.717) is 11.7 Å². The molecule has 0 aliphatic carbocycles. The Kier molecular flexibility index (Phi) is 3.23. The first kappa shape index (κ1) is 13.1. The third kappa shape index (κ3) is 2.19. The van der Waals surface area contributed by atoms with Crippen molar-refractivity contribution in [1.29, 1.82) is 0 Å². The van der Waals surface area contributed by atoms with E-state index in [4.69, 9.17) is 20.4 Å². The molecule has 0 atom stereocenters. The normalized spacial score (nSPS) is 15.6. The molecule has 3 rings (SSSR count). The van der Waals surface area contributed by atoms with Gasteiger partial charge < -0.3 is 19.1 Å². The Morgan fingerprint density at radius 3 is 2.80 bits per heavy atom. The number of hydrogen-bond donors (Lipinski definition) is 1. The van der Waals surface area contributed by atoms with Crippen LogP contribution in [0.25, 0.3) is 11.2 Å². The molecule has 20 heavy (non-hydrogen) atoms. The molecule has 7 nitrogen and oxygen atoms in total. The van der Waals surface area contributed by atoms with Crippen LogP contribution in [0.4, 0.5) is 5.82 Å². The van der Waals surface area contributed by atoms with Crippen LogP contribution in [0, 0.1) is 5.92 Å². The Bertz CT molecular complexity index is 763. The summed E-state index contributed by atoms with van der Waals surface area (Å²) in [4.78, 5) is 28.6. The van der Waals surface area contributed by atoms with Crippen LogP contribution in [-0.2, 0) is 0 Å². The zero-order valence-electron chi connectivity index (χ0n) is 10.7. The second-order valence-electron chi connectivity index (χ2n) is 4.70. The Labute approximate surface area is 118 Å². The summed E-state index contributed by atoms with van der Waals surface area (Å²) in [6.45, 7) is 2.44. The standard InChI is InChI=1S/C12H12ClN3O4/c1-14-3-6-4-16(5-6)10-9-7(2-8(13)15-10)19-11(17)12(18)20-9/h2,6,14H,3-5H2,1H3. The zero-order valence-corrected chi connectivity index (χ0v) is 11.4. The van der Waals surface area contributed by atoms with Crippen molar-refractivity contribution in [1.82, 2.24) is 10.3 Å². The van der Waals surface area contributed by atoms with Crippen LogP contribution in [0.2, 0.25) is 5.15 Å². The minimum atomic E-state index is -1.05. The molecule has 1 aliphatic rings. The Morgan fingerprint density at radius 1 is 1.40 bits per heavy atom. The van der Waals surface area contributed by atoms with Crippen molar-refractivity contribution in [2.24, 2.45) is 5.92 Å². The summed E-state index contributed by atoms with van der Waals surface area (Å²) in [7, 11) is 1.89. The summed E-state index contributed by atoms with van der Waals surface area (Å²) < 4.78 is 9.87. The lowest BCUT2D eigenvalue weighted by molar-refractivity contribution is 0.390. The maximum atomic E-state index is 11.3. The average molecular weight is 298 g/mol. The van der Waals surface area contributed by atoms with E-state index in [2.05, 4.69) is 10.3 Å². The topological polar surface area (TPSA) is 88.6 Å². The van der Waals surface area contributed by atoms with Gasteiger partial charge in [-0.05, 0) is 7.05 Å². The fourth-order valence-electron chi connectivity index (χ4n) is 2.29. The fourth-order valence-corrected chi connectivity index (χ4v) is 2.47. The largest absolute Gasteiger partial charge is 0.423 e. The molecule has 0 spiro atoms. The number of hydrogen-bond acceptors (Lipinski definition) is 7. The Morgan fingerprint density at radius 2 is 2.10 bits per heavy atom. The first-order valence-electron chi connectivity index (χ1n) is 6.12. The van der Waals surface area contributed by atoms with Crippen LogP contribution in [0.15, 0.2) is 24.5 Å². The molecule has 0 radical (unpaired) electrons. The summed E-state index contributed by atoms with van der Waals surface area (Å²) in [5, 5.41) is 3.28. The van der Waals surface area contributed by atoms with Crippen molar-refractivity contribution < 1.29 is 8.83 Å². The third-order valence-corrected chi connectivity index (χ3v) is 3.40. The molecule has 2 aromatic heterocycles. The summed E-state index contributed by atoms with van der Waals surface area (Å²) in [5.74, 6) is 0.930. The van der Waals surface area contributed by atoms with Crippen LogP contribution in [0.3, 0.4) is 0 Å². The number of halogens is 1. The van der Waals surface area contributed by atoms with Crippen molar-refractivity contribution in [3.8, 4) is 0 Å². The summed E-state index contributed by atoms with van der Waals surface area (Å²) >= 11 is 5.91. The molecular weight excluding hydrogens is 286 g/mol. The van der Waals surface area contributed by atoms with Crippen molar-refractivity contribution in [2.45, 2.75) is 0 Å². The highest BCUT2D eigenvalue weighted by molar-refractivity contribution is 6.30. The van der Waals surface area contributed by atoms with Gasteiger partial charge in [0.25, 0.3) is 0 Å². The zero-order chi connectivity index (χ0) is 14.3. The number of nitrogens with zero attached hydrogens (tertiary/aromatic N) is 2. The lowest BCUT2D eigenvalue weighted by Crippen LogP contribution is -2.50. The molecule has 3 heterocycles.